The summed E-state index contributed by atoms with van der Waals surface area (Å²) in [5, 5.41) is 2.88. The third kappa shape index (κ3) is 6.40. The maximum Gasteiger partial charge on any atom is 0.222 e. The van der Waals surface area contributed by atoms with Crippen molar-refractivity contribution in [1.82, 2.24) is 10.2 Å². The van der Waals surface area contributed by atoms with Gasteiger partial charge >= 0.3 is 0 Å². The zero-order chi connectivity index (χ0) is 15.7. The van der Waals surface area contributed by atoms with E-state index in [1.807, 2.05) is 31.2 Å². The zero-order valence-electron chi connectivity index (χ0n) is 13.0. The van der Waals surface area contributed by atoms with Gasteiger partial charge in [-0.1, -0.05) is 24.3 Å². The number of rotatable bonds is 8. The van der Waals surface area contributed by atoms with Crippen molar-refractivity contribution in [3.05, 3.63) is 35.4 Å². The predicted molar refractivity (Wildman–Crippen MR) is 81.8 cm³/mol. The normalized spacial score (nSPS) is 10.2. The minimum absolute atomic E-state index is 0.0428. The van der Waals surface area contributed by atoms with Gasteiger partial charge in [-0.2, -0.15) is 0 Å². The van der Waals surface area contributed by atoms with Crippen LogP contribution in [0.2, 0.25) is 0 Å². The summed E-state index contributed by atoms with van der Waals surface area (Å²) < 4.78 is 4.95. The van der Waals surface area contributed by atoms with E-state index < -0.39 is 0 Å². The molecule has 0 aromatic heterocycles. The molecule has 0 saturated carbocycles. The molecule has 0 saturated heterocycles. The molecule has 0 radical (unpaired) electrons. The van der Waals surface area contributed by atoms with E-state index in [-0.39, 0.29) is 11.8 Å². The van der Waals surface area contributed by atoms with Gasteiger partial charge in [-0.25, -0.2) is 0 Å². The predicted octanol–water partition coefficient (Wildman–Crippen LogP) is 1.50. The van der Waals surface area contributed by atoms with Crippen molar-refractivity contribution in [2.24, 2.45) is 0 Å². The number of carbonyl (C=O) groups is 2. The second-order valence-electron chi connectivity index (χ2n) is 4.95. The van der Waals surface area contributed by atoms with Crippen LogP contribution in [-0.2, 0) is 20.9 Å². The second kappa shape index (κ2) is 9.13. The van der Waals surface area contributed by atoms with Crippen molar-refractivity contribution in [3.8, 4) is 0 Å². The molecule has 2 amide bonds. The van der Waals surface area contributed by atoms with E-state index in [9.17, 15) is 9.59 Å². The summed E-state index contributed by atoms with van der Waals surface area (Å²) in [6.07, 6.45) is 0.301. The average Bonchev–Trinajstić information content (AvgIpc) is 2.46. The molecule has 5 nitrogen and oxygen atoms in total. The molecule has 0 fully saturated rings. The fraction of sp³-hybridized carbons (Fsp3) is 0.500. The Morgan fingerprint density at radius 1 is 1.24 bits per heavy atom. The van der Waals surface area contributed by atoms with Gasteiger partial charge < -0.3 is 15.0 Å². The lowest BCUT2D eigenvalue weighted by molar-refractivity contribution is -0.130. The van der Waals surface area contributed by atoms with Crippen molar-refractivity contribution >= 4 is 11.8 Å². The summed E-state index contributed by atoms with van der Waals surface area (Å²) in [5.74, 6) is -0.0966. The van der Waals surface area contributed by atoms with Gasteiger partial charge in [-0.3, -0.25) is 9.59 Å². The quantitative estimate of drug-likeness (QED) is 0.790. The highest BCUT2D eigenvalue weighted by molar-refractivity contribution is 5.78. The Morgan fingerprint density at radius 3 is 2.57 bits per heavy atom. The van der Waals surface area contributed by atoms with E-state index in [4.69, 9.17) is 4.74 Å². The number of carbonyl (C=O) groups excluding carboxylic acids is 2. The van der Waals surface area contributed by atoms with Gasteiger partial charge in [0.1, 0.15) is 0 Å². The number of nitrogens with zero attached hydrogens (tertiary/aromatic N) is 1. The first-order chi connectivity index (χ1) is 10.0. The Bertz CT molecular complexity index is 474. The molecule has 1 rings (SSSR count). The number of amides is 2. The topological polar surface area (TPSA) is 58.6 Å². The first-order valence-corrected chi connectivity index (χ1v) is 7.10. The minimum atomic E-state index is -0.0538. The van der Waals surface area contributed by atoms with Crippen molar-refractivity contribution in [1.29, 1.82) is 0 Å². The Labute approximate surface area is 126 Å². The highest BCUT2D eigenvalue weighted by Crippen LogP contribution is 2.06. The van der Waals surface area contributed by atoms with E-state index in [1.165, 1.54) is 6.92 Å². The van der Waals surface area contributed by atoms with Crippen molar-refractivity contribution in [3.63, 3.8) is 0 Å². The number of methoxy groups -OCH3 is 1. The molecule has 0 atom stereocenters. The molecule has 0 heterocycles. The van der Waals surface area contributed by atoms with E-state index in [0.717, 1.165) is 11.1 Å². The summed E-state index contributed by atoms with van der Waals surface area (Å²) in [5.41, 5.74) is 2.26. The smallest absolute Gasteiger partial charge is 0.222 e. The van der Waals surface area contributed by atoms with Crippen LogP contribution in [0.1, 0.15) is 24.5 Å². The largest absolute Gasteiger partial charge is 0.383 e. The number of nitrogens with one attached hydrogen (secondary N) is 1. The number of hydrogen-bond acceptors (Lipinski definition) is 3. The molecule has 1 N–H and O–H groups in total. The molecule has 1 aromatic carbocycles. The van der Waals surface area contributed by atoms with E-state index >= 15 is 0 Å². The van der Waals surface area contributed by atoms with Crippen LogP contribution in [0, 0.1) is 6.92 Å². The molecule has 0 aliphatic carbocycles. The number of hydrogen-bond donors (Lipinski definition) is 1. The van der Waals surface area contributed by atoms with Crippen LogP contribution in [0.25, 0.3) is 0 Å². The Balaban J connectivity index is 2.36. The molecule has 21 heavy (non-hydrogen) atoms. The minimum Gasteiger partial charge on any atom is -0.383 e. The van der Waals surface area contributed by atoms with E-state index in [2.05, 4.69) is 5.32 Å². The Hall–Kier alpha value is -1.88. The fourth-order valence-corrected chi connectivity index (χ4v) is 1.96. The van der Waals surface area contributed by atoms with Crippen LogP contribution < -0.4 is 5.32 Å². The monoisotopic (exact) mass is 292 g/mol. The van der Waals surface area contributed by atoms with Crippen molar-refractivity contribution in [2.75, 3.05) is 26.8 Å². The van der Waals surface area contributed by atoms with Crippen molar-refractivity contribution in [2.45, 2.75) is 26.8 Å². The lowest BCUT2D eigenvalue weighted by Gasteiger charge is -2.20. The maximum atomic E-state index is 11.8. The standard InChI is InChI=1S/C16H24N2O3/c1-13-6-4-5-7-15(13)12-17-16(20)8-9-18(14(2)19)10-11-21-3/h4-7H,8-12H2,1-3H3,(H,17,20). The lowest BCUT2D eigenvalue weighted by atomic mass is 10.1. The van der Waals surface area contributed by atoms with Crippen molar-refractivity contribution < 1.29 is 14.3 Å². The molecule has 0 bridgehead atoms. The van der Waals surface area contributed by atoms with Gasteiger partial charge in [-0.15, -0.1) is 0 Å². The third-order valence-electron chi connectivity index (χ3n) is 3.36. The maximum absolute atomic E-state index is 11.8. The third-order valence-corrected chi connectivity index (χ3v) is 3.36. The Morgan fingerprint density at radius 2 is 1.95 bits per heavy atom. The molecule has 1 aromatic rings. The van der Waals surface area contributed by atoms with E-state index in [1.54, 1.807) is 12.0 Å². The van der Waals surface area contributed by atoms with Gasteiger partial charge in [0.15, 0.2) is 0 Å². The Kier molecular flexibility index (Phi) is 7.46. The van der Waals surface area contributed by atoms with Crippen LogP contribution >= 0.6 is 0 Å². The molecule has 0 spiro atoms. The van der Waals surface area contributed by atoms with Gasteiger partial charge in [-0.05, 0) is 18.1 Å². The first-order valence-electron chi connectivity index (χ1n) is 7.10. The number of ether oxygens (including phenoxy) is 1. The summed E-state index contributed by atoms with van der Waals surface area (Å²) in [6, 6.07) is 7.94. The van der Waals surface area contributed by atoms with E-state index in [0.29, 0.717) is 32.7 Å². The van der Waals surface area contributed by atoms with Crippen LogP contribution in [0.4, 0.5) is 0 Å². The summed E-state index contributed by atoms with van der Waals surface area (Å²) >= 11 is 0. The SMILES string of the molecule is COCCN(CCC(=O)NCc1ccccc1C)C(C)=O. The highest BCUT2D eigenvalue weighted by atomic mass is 16.5. The molecular weight excluding hydrogens is 268 g/mol. The molecule has 116 valence electrons. The van der Waals surface area contributed by atoms with Crippen LogP contribution in [0.15, 0.2) is 24.3 Å². The first kappa shape index (κ1) is 17.2. The second-order valence-corrected chi connectivity index (χ2v) is 4.95. The molecule has 5 heteroatoms. The van der Waals surface area contributed by atoms with Crippen LogP contribution in [0.5, 0.6) is 0 Å². The summed E-state index contributed by atoms with van der Waals surface area (Å²) in [7, 11) is 1.59. The molecule has 0 aliphatic heterocycles. The summed E-state index contributed by atoms with van der Waals surface area (Å²) in [6.45, 7) is 5.44. The van der Waals surface area contributed by atoms with Gasteiger partial charge in [0.05, 0.1) is 6.61 Å². The highest BCUT2D eigenvalue weighted by Gasteiger charge is 2.10. The molecule has 0 aliphatic rings. The fourth-order valence-electron chi connectivity index (χ4n) is 1.96. The zero-order valence-corrected chi connectivity index (χ0v) is 13.0. The van der Waals surface area contributed by atoms with Gasteiger partial charge in [0.2, 0.25) is 11.8 Å². The molecule has 0 unspecified atom stereocenters. The van der Waals surface area contributed by atoms with Crippen LogP contribution in [-0.4, -0.2) is 43.5 Å². The number of aryl methyl sites for hydroxylation is 1. The van der Waals surface area contributed by atoms with Gasteiger partial charge in [0, 0.05) is 40.1 Å². The van der Waals surface area contributed by atoms with Crippen LogP contribution in [0.3, 0.4) is 0 Å². The van der Waals surface area contributed by atoms with Gasteiger partial charge in [0.25, 0.3) is 0 Å². The average molecular weight is 292 g/mol. The molecular formula is C16H24N2O3. The lowest BCUT2D eigenvalue weighted by Crippen LogP contribution is -2.35. The summed E-state index contributed by atoms with van der Waals surface area (Å²) in [4.78, 5) is 24.9. The number of benzene rings is 1.